The van der Waals surface area contributed by atoms with E-state index in [0.29, 0.717) is 18.0 Å². The van der Waals surface area contributed by atoms with Crippen molar-refractivity contribution in [1.82, 2.24) is 9.80 Å². The smallest absolute Gasteiger partial charge is 0.228 e. The van der Waals surface area contributed by atoms with E-state index in [1.807, 2.05) is 0 Å². The van der Waals surface area contributed by atoms with Gasteiger partial charge in [0.1, 0.15) is 0 Å². The van der Waals surface area contributed by atoms with Crippen molar-refractivity contribution < 1.29 is 4.79 Å². The largest absolute Gasteiger partial charge is 0.342 e. The molecule has 2 aromatic carbocycles. The lowest BCUT2D eigenvalue weighted by molar-refractivity contribution is -0.173. The second kappa shape index (κ2) is 7.93. The van der Waals surface area contributed by atoms with E-state index in [-0.39, 0.29) is 22.3 Å². The van der Waals surface area contributed by atoms with E-state index in [9.17, 15) is 4.79 Å². The fourth-order valence-electron chi connectivity index (χ4n) is 8.13. The third-order valence-corrected chi connectivity index (χ3v) is 9.77. The van der Waals surface area contributed by atoms with Gasteiger partial charge in [0.25, 0.3) is 0 Å². The van der Waals surface area contributed by atoms with Gasteiger partial charge in [-0.3, -0.25) is 9.69 Å². The van der Waals surface area contributed by atoms with Crippen molar-refractivity contribution in [3.63, 3.8) is 0 Å². The molecule has 2 N–H and O–H groups in total. The van der Waals surface area contributed by atoms with Gasteiger partial charge < -0.3 is 10.6 Å². The van der Waals surface area contributed by atoms with Gasteiger partial charge in [-0.25, -0.2) is 0 Å². The van der Waals surface area contributed by atoms with E-state index < -0.39 is 0 Å². The van der Waals surface area contributed by atoms with E-state index in [2.05, 4.69) is 84.3 Å². The number of nitrogens with two attached hydrogens (primary N) is 1. The van der Waals surface area contributed by atoms with Crippen LogP contribution in [-0.2, 0) is 16.8 Å². The summed E-state index contributed by atoms with van der Waals surface area (Å²) < 4.78 is 0. The quantitative estimate of drug-likeness (QED) is 0.722. The molecule has 3 atom stereocenters. The van der Waals surface area contributed by atoms with Gasteiger partial charge >= 0.3 is 0 Å². The highest BCUT2D eigenvalue weighted by atomic mass is 16.2. The summed E-state index contributed by atoms with van der Waals surface area (Å²) in [5, 5.41) is 0. The maximum Gasteiger partial charge on any atom is 0.228 e. The molecule has 2 unspecified atom stereocenters. The third-order valence-electron chi connectivity index (χ3n) is 9.77. The molecule has 2 aliphatic carbocycles. The molecule has 180 valence electrons. The molecule has 5 aliphatic rings. The molecule has 1 amide bonds. The predicted octanol–water partition coefficient (Wildman–Crippen LogP) is 4.73. The molecule has 3 aliphatic heterocycles. The number of benzene rings is 2. The summed E-state index contributed by atoms with van der Waals surface area (Å²) in [6, 6.07) is 23.1. The number of nitrogens with zero attached hydrogens (tertiary/aromatic N) is 2. The summed E-state index contributed by atoms with van der Waals surface area (Å²) in [4.78, 5) is 19.3. The molecule has 0 spiro atoms. The Hall–Kier alpha value is -2.17. The minimum atomic E-state index is -0.230. The number of amides is 1. The second-order valence-electron chi connectivity index (χ2n) is 12.5. The Balaban J connectivity index is 1.34. The van der Waals surface area contributed by atoms with Crippen LogP contribution in [0.25, 0.3) is 0 Å². The highest BCUT2D eigenvalue weighted by molar-refractivity contribution is 5.84. The molecule has 4 bridgehead atoms. The van der Waals surface area contributed by atoms with Gasteiger partial charge in [-0.2, -0.15) is 0 Å². The monoisotopic (exact) mass is 457 g/mol. The maximum absolute atomic E-state index is 14.4. The third kappa shape index (κ3) is 3.53. The summed E-state index contributed by atoms with van der Waals surface area (Å²) in [6.07, 6.45) is 6.28. The Kier molecular flexibility index (Phi) is 5.20. The summed E-state index contributed by atoms with van der Waals surface area (Å²) in [7, 11) is 0. The first-order valence-corrected chi connectivity index (χ1v) is 13.2. The van der Waals surface area contributed by atoms with Crippen LogP contribution in [0.4, 0.5) is 0 Å². The van der Waals surface area contributed by atoms with Crippen LogP contribution in [0.2, 0.25) is 0 Å². The fraction of sp³-hybridized carbons (Fsp3) is 0.567. The van der Waals surface area contributed by atoms with Crippen molar-refractivity contribution in [3.8, 4) is 0 Å². The standard InChI is InChI=1S/C30H39N3O/c1-28(2)21-32(14-13-26(28)31)27(34)30-17-24-15-29(20-30,23-11-7-4-8-12-23)16-25(18-30)33(24)19-22-9-5-3-6-10-22/h3-12,24-26H,13-21,31H2,1-2H3/t24?,25?,26-,29?,30?/m0/s1. The van der Waals surface area contributed by atoms with Crippen LogP contribution in [0.3, 0.4) is 0 Å². The Labute approximate surface area is 204 Å². The van der Waals surface area contributed by atoms with Crippen LogP contribution >= 0.6 is 0 Å². The van der Waals surface area contributed by atoms with Crippen molar-refractivity contribution in [1.29, 1.82) is 0 Å². The van der Waals surface area contributed by atoms with Crippen molar-refractivity contribution in [2.24, 2.45) is 16.6 Å². The highest BCUT2D eigenvalue weighted by Crippen LogP contribution is 2.63. The van der Waals surface area contributed by atoms with Crippen LogP contribution < -0.4 is 5.73 Å². The van der Waals surface area contributed by atoms with Gasteiger partial charge in [-0.1, -0.05) is 74.5 Å². The van der Waals surface area contributed by atoms with Crippen LogP contribution in [0.5, 0.6) is 0 Å². The van der Waals surface area contributed by atoms with Gasteiger partial charge in [0.2, 0.25) is 5.91 Å². The number of carbonyl (C=O) groups excluding carboxylic acids is 1. The summed E-state index contributed by atoms with van der Waals surface area (Å²) >= 11 is 0. The molecule has 4 nitrogen and oxygen atoms in total. The maximum atomic E-state index is 14.4. The van der Waals surface area contributed by atoms with E-state index in [0.717, 1.165) is 45.3 Å². The van der Waals surface area contributed by atoms with Crippen molar-refractivity contribution in [2.45, 2.75) is 82.5 Å². The summed E-state index contributed by atoms with van der Waals surface area (Å²) in [5.41, 5.74) is 9.13. The number of likely N-dealkylation sites (tertiary alicyclic amines) is 1. The van der Waals surface area contributed by atoms with E-state index >= 15 is 0 Å². The molecule has 3 saturated heterocycles. The Morgan fingerprint density at radius 1 is 0.941 bits per heavy atom. The fourth-order valence-corrected chi connectivity index (χ4v) is 8.13. The average Bonchev–Trinajstić information content (AvgIpc) is 2.83. The summed E-state index contributed by atoms with van der Waals surface area (Å²) in [6.45, 7) is 7.05. The molecular weight excluding hydrogens is 418 g/mol. The summed E-state index contributed by atoms with van der Waals surface area (Å²) in [5.74, 6) is 0.418. The van der Waals surface area contributed by atoms with Crippen LogP contribution in [0, 0.1) is 10.8 Å². The predicted molar refractivity (Wildman–Crippen MR) is 136 cm³/mol. The minimum Gasteiger partial charge on any atom is -0.342 e. The SMILES string of the molecule is CC1(C)CN(C(=O)C23CC4CC(c5ccccc5)(CC(C2)N4Cc2ccccc2)C3)CC[C@@H]1N. The Morgan fingerprint density at radius 3 is 2.18 bits per heavy atom. The van der Waals surface area contributed by atoms with Crippen molar-refractivity contribution in [2.75, 3.05) is 13.1 Å². The molecule has 4 heteroatoms. The Bertz CT molecular complexity index is 1030. The van der Waals surface area contributed by atoms with E-state index in [1.165, 1.54) is 24.0 Å². The zero-order valence-electron chi connectivity index (χ0n) is 20.7. The van der Waals surface area contributed by atoms with Crippen LogP contribution in [0.1, 0.15) is 63.5 Å². The lowest BCUT2D eigenvalue weighted by Crippen LogP contribution is -2.70. The topological polar surface area (TPSA) is 49.6 Å². The molecule has 7 rings (SSSR count). The zero-order chi connectivity index (χ0) is 23.6. The van der Waals surface area contributed by atoms with Crippen LogP contribution in [-0.4, -0.2) is 46.9 Å². The molecule has 2 saturated carbocycles. The van der Waals surface area contributed by atoms with E-state index in [4.69, 9.17) is 5.73 Å². The molecule has 5 fully saturated rings. The van der Waals surface area contributed by atoms with Gasteiger partial charge in [-0.05, 0) is 60.5 Å². The van der Waals surface area contributed by atoms with Gasteiger partial charge in [0, 0.05) is 37.8 Å². The number of hydrogen-bond acceptors (Lipinski definition) is 3. The molecule has 2 aromatic rings. The zero-order valence-corrected chi connectivity index (χ0v) is 20.7. The number of carbonyl (C=O) groups is 1. The second-order valence-corrected chi connectivity index (χ2v) is 12.5. The molecule has 0 radical (unpaired) electrons. The molecule has 3 heterocycles. The first-order valence-electron chi connectivity index (χ1n) is 13.2. The molecular formula is C30H39N3O. The molecule has 0 aromatic heterocycles. The van der Waals surface area contributed by atoms with Gasteiger partial charge in [-0.15, -0.1) is 0 Å². The average molecular weight is 458 g/mol. The van der Waals surface area contributed by atoms with Crippen LogP contribution in [0.15, 0.2) is 60.7 Å². The van der Waals surface area contributed by atoms with Gasteiger partial charge in [0.15, 0.2) is 0 Å². The van der Waals surface area contributed by atoms with E-state index in [1.54, 1.807) is 0 Å². The number of hydrogen-bond donors (Lipinski definition) is 1. The lowest BCUT2D eigenvalue weighted by Gasteiger charge is -2.66. The lowest BCUT2D eigenvalue weighted by atomic mass is 9.47. The Morgan fingerprint density at radius 2 is 1.56 bits per heavy atom. The highest BCUT2D eigenvalue weighted by Gasteiger charge is 2.64. The first-order chi connectivity index (χ1) is 16.3. The first kappa shape index (κ1) is 22.3. The van der Waals surface area contributed by atoms with Gasteiger partial charge in [0.05, 0.1) is 5.41 Å². The van der Waals surface area contributed by atoms with Crippen molar-refractivity contribution in [3.05, 3.63) is 71.8 Å². The number of piperidine rings is 3. The number of rotatable bonds is 4. The van der Waals surface area contributed by atoms with Crippen molar-refractivity contribution >= 4 is 5.91 Å². The normalized spacial score (nSPS) is 36.6. The molecule has 34 heavy (non-hydrogen) atoms. The minimum absolute atomic E-state index is 0.0212.